The maximum Gasteiger partial charge on any atom is 0.242 e. The van der Waals surface area contributed by atoms with Crippen LogP contribution in [0.1, 0.15) is 61.4 Å². The number of hydrogen-bond donors (Lipinski definition) is 1. The average Bonchev–Trinajstić information content (AvgIpc) is 3.13. The number of nitrogens with zero attached hydrogens (tertiary/aromatic N) is 2. The molecule has 7 heteroatoms. The molecule has 4 rings (SSSR count). The van der Waals surface area contributed by atoms with Gasteiger partial charge in [0, 0.05) is 24.2 Å². The molecule has 1 atom stereocenters. The zero-order valence-corrected chi connectivity index (χ0v) is 21.1. The summed E-state index contributed by atoms with van der Waals surface area (Å²) in [6, 6.07) is 14.6. The number of carbonyl (C=O) groups is 3. The van der Waals surface area contributed by atoms with Crippen molar-refractivity contribution in [2.24, 2.45) is 4.99 Å². The SMILES string of the molecule is CC(=O)c1ccc(NC(=O)C[C@H]2SC(=Nc3ccccc3C)N(CCC3=CCCCC3)C2=O)cc1. The van der Waals surface area contributed by atoms with Crippen LogP contribution in [0.3, 0.4) is 0 Å². The quantitative estimate of drug-likeness (QED) is 0.362. The maximum absolute atomic E-state index is 13.4. The fourth-order valence-corrected chi connectivity index (χ4v) is 5.46. The Morgan fingerprint density at radius 3 is 2.57 bits per heavy atom. The Balaban J connectivity index is 1.47. The zero-order valence-electron chi connectivity index (χ0n) is 20.3. The van der Waals surface area contributed by atoms with E-state index in [1.54, 1.807) is 29.2 Å². The molecule has 1 heterocycles. The predicted octanol–water partition coefficient (Wildman–Crippen LogP) is 6.05. The van der Waals surface area contributed by atoms with Crippen LogP contribution in [0.5, 0.6) is 0 Å². The fourth-order valence-electron chi connectivity index (χ4n) is 4.28. The van der Waals surface area contributed by atoms with Crippen LogP contribution in [0.25, 0.3) is 0 Å². The van der Waals surface area contributed by atoms with E-state index >= 15 is 0 Å². The van der Waals surface area contributed by atoms with E-state index in [4.69, 9.17) is 4.99 Å². The van der Waals surface area contributed by atoms with Gasteiger partial charge in [0.1, 0.15) is 5.25 Å². The largest absolute Gasteiger partial charge is 0.326 e. The molecule has 182 valence electrons. The monoisotopic (exact) mass is 489 g/mol. The molecule has 0 bridgehead atoms. The van der Waals surface area contributed by atoms with Crippen molar-refractivity contribution >= 4 is 45.9 Å². The van der Waals surface area contributed by atoms with Gasteiger partial charge >= 0.3 is 0 Å². The highest BCUT2D eigenvalue weighted by Gasteiger charge is 2.39. The molecule has 6 nitrogen and oxygen atoms in total. The van der Waals surface area contributed by atoms with Crippen LogP contribution in [0.15, 0.2) is 65.2 Å². The first-order chi connectivity index (χ1) is 16.9. The van der Waals surface area contributed by atoms with Gasteiger partial charge in [0.2, 0.25) is 11.8 Å². The summed E-state index contributed by atoms with van der Waals surface area (Å²) in [5, 5.41) is 2.98. The number of benzene rings is 2. The van der Waals surface area contributed by atoms with Gasteiger partial charge in [-0.15, -0.1) is 0 Å². The van der Waals surface area contributed by atoms with Crippen molar-refractivity contribution < 1.29 is 14.4 Å². The standard InChI is InChI=1S/C28H31N3O3S/c1-19-8-6-7-11-24(19)30-28-31(17-16-21-9-4-3-5-10-21)27(34)25(35-28)18-26(33)29-23-14-12-22(13-15-23)20(2)32/h6-9,11-15,25H,3-5,10,16-18H2,1-2H3,(H,29,33)/t25-/m1/s1. The van der Waals surface area contributed by atoms with Crippen LogP contribution in [0, 0.1) is 6.92 Å². The topological polar surface area (TPSA) is 78.8 Å². The highest BCUT2D eigenvalue weighted by Crippen LogP contribution is 2.33. The summed E-state index contributed by atoms with van der Waals surface area (Å²) in [6.07, 6.45) is 7.83. The molecule has 1 aliphatic heterocycles. The number of para-hydroxylation sites is 1. The van der Waals surface area contributed by atoms with E-state index in [2.05, 4.69) is 11.4 Å². The third-order valence-corrected chi connectivity index (χ3v) is 7.51. The van der Waals surface area contributed by atoms with Gasteiger partial charge in [-0.25, -0.2) is 4.99 Å². The summed E-state index contributed by atoms with van der Waals surface area (Å²) in [5.74, 6) is -0.334. The molecular weight excluding hydrogens is 458 g/mol. The van der Waals surface area contributed by atoms with Crippen LogP contribution in [-0.2, 0) is 9.59 Å². The maximum atomic E-state index is 13.4. The Morgan fingerprint density at radius 2 is 1.89 bits per heavy atom. The van der Waals surface area contributed by atoms with E-state index in [-0.39, 0.29) is 24.0 Å². The fraction of sp³-hybridized carbons (Fsp3) is 0.357. The summed E-state index contributed by atoms with van der Waals surface area (Å²) in [6.45, 7) is 4.08. The van der Waals surface area contributed by atoms with Gasteiger partial charge < -0.3 is 5.32 Å². The Morgan fingerprint density at radius 1 is 1.11 bits per heavy atom. The van der Waals surface area contributed by atoms with E-state index in [1.165, 1.54) is 37.1 Å². The molecule has 1 fully saturated rings. The van der Waals surface area contributed by atoms with Crippen molar-refractivity contribution in [2.45, 2.75) is 57.6 Å². The van der Waals surface area contributed by atoms with Crippen molar-refractivity contribution in [3.05, 3.63) is 71.3 Å². The molecule has 2 aliphatic rings. The summed E-state index contributed by atoms with van der Waals surface area (Å²) in [7, 11) is 0. The lowest BCUT2D eigenvalue weighted by Gasteiger charge is -2.19. The van der Waals surface area contributed by atoms with Crippen molar-refractivity contribution in [3.63, 3.8) is 0 Å². The number of nitrogens with one attached hydrogen (secondary N) is 1. The lowest BCUT2D eigenvalue weighted by molar-refractivity contribution is -0.128. The Hall–Kier alpha value is -3.19. The van der Waals surface area contributed by atoms with Crippen LogP contribution >= 0.6 is 11.8 Å². The second-order valence-corrected chi connectivity index (χ2v) is 10.2. The van der Waals surface area contributed by atoms with Gasteiger partial charge in [-0.1, -0.05) is 41.6 Å². The molecule has 1 saturated heterocycles. The van der Waals surface area contributed by atoms with E-state index in [9.17, 15) is 14.4 Å². The Kier molecular flexibility index (Phi) is 8.18. The van der Waals surface area contributed by atoms with Gasteiger partial charge in [0.25, 0.3) is 0 Å². The molecule has 1 aliphatic carbocycles. The van der Waals surface area contributed by atoms with Gasteiger partial charge in [-0.2, -0.15) is 0 Å². The number of amides is 2. The normalized spacial score (nSPS) is 19.1. The lowest BCUT2D eigenvalue weighted by atomic mass is 9.97. The second-order valence-electron chi connectivity index (χ2n) is 9.02. The number of anilines is 1. The number of hydrogen-bond acceptors (Lipinski definition) is 5. The first-order valence-electron chi connectivity index (χ1n) is 12.1. The molecule has 2 aromatic carbocycles. The number of Topliss-reactive ketones (excluding diaryl/α,β-unsaturated/α-hetero) is 1. The first-order valence-corrected chi connectivity index (χ1v) is 13.0. The molecule has 2 amide bonds. The van der Waals surface area contributed by atoms with Gasteiger partial charge in [-0.05, 0) is 81.8 Å². The average molecular weight is 490 g/mol. The highest BCUT2D eigenvalue weighted by atomic mass is 32.2. The summed E-state index contributed by atoms with van der Waals surface area (Å²) >= 11 is 1.36. The predicted molar refractivity (Wildman–Crippen MR) is 142 cm³/mol. The smallest absolute Gasteiger partial charge is 0.242 e. The molecule has 0 aromatic heterocycles. The third kappa shape index (κ3) is 6.48. The van der Waals surface area contributed by atoms with E-state index < -0.39 is 5.25 Å². The molecule has 0 spiro atoms. The van der Waals surface area contributed by atoms with Gasteiger partial charge in [-0.3, -0.25) is 19.3 Å². The molecule has 0 saturated carbocycles. The van der Waals surface area contributed by atoms with Crippen molar-refractivity contribution in [1.29, 1.82) is 0 Å². The van der Waals surface area contributed by atoms with Gasteiger partial charge in [0.05, 0.1) is 5.69 Å². The van der Waals surface area contributed by atoms with E-state index in [0.29, 0.717) is 23.0 Å². The number of aliphatic imine (C=N–C) groups is 1. The second kappa shape index (κ2) is 11.5. The van der Waals surface area contributed by atoms with Crippen LogP contribution < -0.4 is 5.32 Å². The molecule has 0 radical (unpaired) electrons. The number of amidine groups is 1. The highest BCUT2D eigenvalue weighted by molar-refractivity contribution is 8.15. The molecule has 0 unspecified atom stereocenters. The van der Waals surface area contributed by atoms with Crippen molar-refractivity contribution in [1.82, 2.24) is 4.90 Å². The summed E-state index contributed by atoms with van der Waals surface area (Å²) in [5.41, 5.74) is 4.47. The number of thioether (sulfide) groups is 1. The number of rotatable bonds is 8. The summed E-state index contributed by atoms with van der Waals surface area (Å²) < 4.78 is 0. The van der Waals surface area contributed by atoms with Crippen LogP contribution in [0.2, 0.25) is 0 Å². The van der Waals surface area contributed by atoms with E-state index in [0.717, 1.165) is 30.5 Å². The third-order valence-electron chi connectivity index (χ3n) is 6.34. The van der Waals surface area contributed by atoms with E-state index in [1.807, 2.05) is 31.2 Å². The molecule has 35 heavy (non-hydrogen) atoms. The minimum absolute atomic E-state index is 0.0274. The lowest BCUT2D eigenvalue weighted by Crippen LogP contribution is -2.34. The number of ketones is 1. The number of allylic oxidation sites excluding steroid dienone is 1. The van der Waals surface area contributed by atoms with Crippen molar-refractivity contribution in [3.8, 4) is 0 Å². The number of aryl methyl sites for hydroxylation is 1. The van der Waals surface area contributed by atoms with Crippen LogP contribution in [0.4, 0.5) is 11.4 Å². The minimum atomic E-state index is -0.519. The van der Waals surface area contributed by atoms with Gasteiger partial charge in [0.15, 0.2) is 11.0 Å². The van der Waals surface area contributed by atoms with Crippen molar-refractivity contribution in [2.75, 3.05) is 11.9 Å². The van der Waals surface area contributed by atoms with Crippen LogP contribution in [-0.4, -0.2) is 39.5 Å². The Bertz CT molecular complexity index is 1170. The zero-order chi connectivity index (χ0) is 24.8. The molecule has 1 N–H and O–H groups in total. The first kappa shape index (κ1) is 24.9. The molecular formula is C28H31N3O3S. The minimum Gasteiger partial charge on any atom is -0.326 e. The Labute approximate surface area is 210 Å². The molecule has 2 aromatic rings. The number of carbonyl (C=O) groups excluding carboxylic acids is 3. The summed E-state index contributed by atoms with van der Waals surface area (Å²) in [4.78, 5) is 44.2.